The summed E-state index contributed by atoms with van der Waals surface area (Å²) in [6.07, 6.45) is 4.20. The fraction of sp³-hybridized carbons (Fsp3) is 0.167. The number of hydrogen-bond donors (Lipinski definition) is 3. The van der Waals surface area contributed by atoms with Gasteiger partial charge in [0, 0.05) is 18.9 Å². The summed E-state index contributed by atoms with van der Waals surface area (Å²) in [5.41, 5.74) is 3.36. The molecule has 8 nitrogen and oxygen atoms in total. The van der Waals surface area contributed by atoms with Crippen LogP contribution in [0.3, 0.4) is 0 Å². The maximum Gasteiger partial charge on any atom is 0.276 e. The Morgan fingerprint density at radius 1 is 1.25 bits per heavy atom. The van der Waals surface area contributed by atoms with E-state index in [9.17, 15) is 10.1 Å². The van der Waals surface area contributed by atoms with E-state index in [1.807, 2.05) is 12.1 Å². The number of hydrogen-bond acceptors (Lipinski definition) is 7. The number of pyridine rings is 2. The van der Waals surface area contributed by atoms with Gasteiger partial charge < -0.3 is 10.7 Å². The van der Waals surface area contributed by atoms with Crippen molar-refractivity contribution in [3.05, 3.63) is 52.3 Å². The molecule has 0 aliphatic heterocycles. The van der Waals surface area contributed by atoms with Gasteiger partial charge in [0.2, 0.25) is 0 Å². The van der Waals surface area contributed by atoms with Crippen molar-refractivity contribution < 1.29 is 4.92 Å². The summed E-state index contributed by atoms with van der Waals surface area (Å²) in [7, 11) is 0. The van der Waals surface area contributed by atoms with Gasteiger partial charge >= 0.3 is 0 Å². The Kier molecular flexibility index (Phi) is 4.40. The second-order valence-corrected chi connectivity index (χ2v) is 4.03. The van der Waals surface area contributed by atoms with E-state index in [0.717, 1.165) is 12.0 Å². The minimum atomic E-state index is -0.490. The zero-order valence-corrected chi connectivity index (χ0v) is 10.6. The fourth-order valence-corrected chi connectivity index (χ4v) is 1.67. The second-order valence-electron chi connectivity index (χ2n) is 4.03. The standard InChI is InChI=1S/C12H14N6O2/c13-17-12-8-10(18(19)20)7-11(16-12)15-6-3-9-1-4-14-5-2-9/h1-2,4-5,7-8H,3,6,13H2,(H2,15,16,17). The first-order chi connectivity index (χ1) is 9.69. The van der Waals surface area contributed by atoms with Crippen LogP contribution in [-0.2, 0) is 6.42 Å². The molecule has 20 heavy (non-hydrogen) atoms. The Balaban J connectivity index is 2.02. The molecule has 0 aromatic carbocycles. The summed E-state index contributed by atoms with van der Waals surface area (Å²) >= 11 is 0. The minimum Gasteiger partial charge on any atom is -0.369 e. The van der Waals surface area contributed by atoms with Crippen molar-refractivity contribution in [3.63, 3.8) is 0 Å². The molecule has 104 valence electrons. The highest BCUT2D eigenvalue weighted by Crippen LogP contribution is 2.19. The van der Waals surface area contributed by atoms with Crippen LogP contribution in [0.15, 0.2) is 36.7 Å². The zero-order chi connectivity index (χ0) is 14.4. The van der Waals surface area contributed by atoms with E-state index in [0.29, 0.717) is 12.4 Å². The van der Waals surface area contributed by atoms with Crippen molar-refractivity contribution in [2.75, 3.05) is 17.3 Å². The van der Waals surface area contributed by atoms with Gasteiger partial charge in [-0.15, -0.1) is 0 Å². The molecule has 2 aromatic rings. The van der Waals surface area contributed by atoms with Crippen LogP contribution in [0.2, 0.25) is 0 Å². The number of nitro groups is 1. The van der Waals surface area contributed by atoms with Crippen LogP contribution >= 0.6 is 0 Å². The molecule has 0 bridgehead atoms. The summed E-state index contributed by atoms with van der Waals surface area (Å²) in [4.78, 5) is 18.3. The number of rotatable bonds is 6. The minimum absolute atomic E-state index is 0.0700. The van der Waals surface area contributed by atoms with E-state index in [4.69, 9.17) is 5.84 Å². The highest BCUT2D eigenvalue weighted by molar-refractivity contribution is 5.54. The van der Waals surface area contributed by atoms with Gasteiger partial charge in [-0.3, -0.25) is 15.1 Å². The quantitative estimate of drug-likeness (QED) is 0.413. The van der Waals surface area contributed by atoms with E-state index in [1.54, 1.807) is 12.4 Å². The lowest BCUT2D eigenvalue weighted by Gasteiger charge is -2.07. The summed E-state index contributed by atoms with van der Waals surface area (Å²) in [5, 5.41) is 13.8. The first-order valence-electron chi connectivity index (χ1n) is 5.95. The Bertz CT molecular complexity index is 590. The normalized spacial score (nSPS) is 10.1. The third-order valence-corrected chi connectivity index (χ3v) is 2.64. The largest absolute Gasteiger partial charge is 0.369 e. The van der Waals surface area contributed by atoms with Crippen molar-refractivity contribution in [2.45, 2.75) is 6.42 Å². The smallest absolute Gasteiger partial charge is 0.276 e. The molecule has 0 atom stereocenters. The van der Waals surface area contributed by atoms with Crippen molar-refractivity contribution in [2.24, 2.45) is 5.84 Å². The molecular weight excluding hydrogens is 260 g/mol. The summed E-state index contributed by atoms with van der Waals surface area (Å²) in [6, 6.07) is 6.46. The van der Waals surface area contributed by atoms with E-state index >= 15 is 0 Å². The summed E-state index contributed by atoms with van der Waals surface area (Å²) < 4.78 is 0. The molecule has 0 spiro atoms. The van der Waals surface area contributed by atoms with E-state index in [2.05, 4.69) is 20.7 Å². The summed E-state index contributed by atoms with van der Waals surface area (Å²) in [5.74, 6) is 5.88. The van der Waals surface area contributed by atoms with Gasteiger partial charge in [0.15, 0.2) is 0 Å². The highest BCUT2D eigenvalue weighted by atomic mass is 16.6. The maximum atomic E-state index is 10.8. The van der Waals surface area contributed by atoms with E-state index in [1.165, 1.54) is 12.1 Å². The van der Waals surface area contributed by atoms with E-state index < -0.39 is 4.92 Å². The number of aromatic nitrogens is 2. The molecule has 2 heterocycles. The van der Waals surface area contributed by atoms with Crippen LogP contribution in [0, 0.1) is 10.1 Å². The van der Waals surface area contributed by atoms with Crippen molar-refractivity contribution in [1.29, 1.82) is 0 Å². The van der Waals surface area contributed by atoms with Gasteiger partial charge in [0.25, 0.3) is 5.69 Å². The van der Waals surface area contributed by atoms with Gasteiger partial charge in [-0.25, -0.2) is 10.8 Å². The molecule has 0 radical (unpaired) electrons. The predicted molar refractivity (Wildman–Crippen MR) is 75.1 cm³/mol. The van der Waals surface area contributed by atoms with Gasteiger partial charge in [-0.05, 0) is 24.1 Å². The number of nitrogens with one attached hydrogen (secondary N) is 2. The monoisotopic (exact) mass is 274 g/mol. The SMILES string of the molecule is NNc1cc([N+](=O)[O-])cc(NCCc2ccncc2)n1. The van der Waals surface area contributed by atoms with Crippen LogP contribution in [0.5, 0.6) is 0 Å². The van der Waals surface area contributed by atoms with E-state index in [-0.39, 0.29) is 11.5 Å². The molecule has 0 fully saturated rings. The van der Waals surface area contributed by atoms with Crippen molar-refractivity contribution in [3.8, 4) is 0 Å². The molecule has 4 N–H and O–H groups in total. The lowest BCUT2D eigenvalue weighted by atomic mass is 10.2. The Morgan fingerprint density at radius 2 is 1.95 bits per heavy atom. The van der Waals surface area contributed by atoms with Crippen molar-refractivity contribution in [1.82, 2.24) is 9.97 Å². The average Bonchev–Trinajstić information content (AvgIpc) is 2.48. The van der Waals surface area contributed by atoms with Crippen LogP contribution in [0.4, 0.5) is 17.3 Å². The van der Waals surface area contributed by atoms with Gasteiger partial charge in [0.05, 0.1) is 17.1 Å². The lowest BCUT2D eigenvalue weighted by Crippen LogP contribution is -2.12. The zero-order valence-electron chi connectivity index (χ0n) is 10.6. The number of anilines is 2. The number of nitrogens with two attached hydrogens (primary N) is 1. The molecule has 0 amide bonds. The van der Waals surface area contributed by atoms with Crippen LogP contribution in [0.25, 0.3) is 0 Å². The first kappa shape index (κ1) is 13.7. The molecular formula is C12H14N6O2. The molecule has 0 saturated carbocycles. The average molecular weight is 274 g/mol. The molecule has 0 unspecified atom stereocenters. The second kappa shape index (κ2) is 6.43. The Morgan fingerprint density at radius 3 is 2.60 bits per heavy atom. The molecule has 8 heteroatoms. The maximum absolute atomic E-state index is 10.8. The van der Waals surface area contributed by atoms with Gasteiger partial charge in [-0.1, -0.05) is 0 Å². The topological polar surface area (TPSA) is 119 Å². The Hall–Kier alpha value is -2.74. The third-order valence-electron chi connectivity index (χ3n) is 2.64. The van der Waals surface area contributed by atoms with Gasteiger partial charge in [0.1, 0.15) is 11.6 Å². The third kappa shape index (κ3) is 3.62. The molecule has 2 aromatic heterocycles. The first-order valence-corrected chi connectivity index (χ1v) is 5.95. The fourth-order valence-electron chi connectivity index (χ4n) is 1.67. The highest BCUT2D eigenvalue weighted by Gasteiger charge is 2.10. The van der Waals surface area contributed by atoms with Crippen LogP contribution < -0.4 is 16.6 Å². The number of nitrogens with zero attached hydrogens (tertiary/aromatic N) is 3. The summed E-state index contributed by atoms with van der Waals surface area (Å²) in [6.45, 7) is 0.599. The van der Waals surface area contributed by atoms with Crippen LogP contribution in [0.1, 0.15) is 5.56 Å². The Labute approximate surface area is 115 Å². The van der Waals surface area contributed by atoms with Gasteiger partial charge in [-0.2, -0.15) is 0 Å². The molecule has 2 rings (SSSR count). The molecule has 0 aliphatic carbocycles. The van der Waals surface area contributed by atoms with Crippen molar-refractivity contribution >= 4 is 17.3 Å². The van der Waals surface area contributed by atoms with Crippen LogP contribution in [-0.4, -0.2) is 21.4 Å². The molecule has 0 saturated heterocycles. The number of nitrogen functional groups attached to an aromatic ring is 1. The lowest BCUT2D eigenvalue weighted by molar-refractivity contribution is -0.384. The predicted octanol–water partition coefficient (Wildman–Crippen LogP) is 1.32. The molecule has 0 aliphatic rings. The number of hydrazine groups is 1.